The molecule has 0 saturated heterocycles. The van der Waals surface area contributed by atoms with Crippen molar-refractivity contribution in [2.24, 2.45) is 5.92 Å². The maximum absolute atomic E-state index is 13.5. The Labute approximate surface area is 99.9 Å². The molecule has 3 nitrogen and oxygen atoms in total. The van der Waals surface area contributed by atoms with Gasteiger partial charge in [-0.2, -0.15) is 0 Å². The van der Waals surface area contributed by atoms with Gasteiger partial charge in [-0.1, -0.05) is 0 Å². The predicted octanol–water partition coefficient (Wildman–Crippen LogP) is 2.37. The Kier molecular flexibility index (Phi) is 3.43. The fourth-order valence-corrected chi connectivity index (χ4v) is 1.93. The molecule has 0 spiro atoms. The average Bonchev–Trinajstić information content (AvgIpc) is 3.04. The molecule has 92 valence electrons. The number of halogens is 1. The second-order valence-electron chi connectivity index (χ2n) is 4.75. The van der Waals surface area contributed by atoms with Crippen LogP contribution in [0.3, 0.4) is 0 Å². The Morgan fingerprint density at radius 1 is 1.53 bits per heavy atom. The standard InChI is InChI=1S/C13H16FNO2/c1-15(7-9-2-3-9)8-11-6-10(13(16)17)4-5-12(11)14/h4-6,9H,2-3,7-8H2,1H3,(H,16,17). The van der Waals surface area contributed by atoms with Crippen molar-refractivity contribution in [2.75, 3.05) is 13.6 Å². The molecular weight excluding hydrogens is 221 g/mol. The minimum absolute atomic E-state index is 0.140. The van der Waals surface area contributed by atoms with Crippen LogP contribution in [0.1, 0.15) is 28.8 Å². The lowest BCUT2D eigenvalue weighted by atomic mass is 10.1. The zero-order valence-corrected chi connectivity index (χ0v) is 9.82. The highest BCUT2D eigenvalue weighted by Gasteiger charge is 2.23. The maximum atomic E-state index is 13.5. The fourth-order valence-electron chi connectivity index (χ4n) is 1.93. The lowest BCUT2D eigenvalue weighted by molar-refractivity contribution is 0.0696. The van der Waals surface area contributed by atoms with Gasteiger partial charge in [-0.25, -0.2) is 9.18 Å². The van der Waals surface area contributed by atoms with Gasteiger partial charge in [0.2, 0.25) is 0 Å². The van der Waals surface area contributed by atoms with E-state index in [0.29, 0.717) is 12.1 Å². The number of nitrogens with zero attached hydrogens (tertiary/aromatic N) is 1. The first-order chi connectivity index (χ1) is 8.06. The summed E-state index contributed by atoms with van der Waals surface area (Å²) in [6.07, 6.45) is 2.50. The molecule has 0 aromatic heterocycles. The van der Waals surface area contributed by atoms with Crippen LogP contribution in [0.15, 0.2) is 18.2 Å². The van der Waals surface area contributed by atoms with Crippen LogP contribution in [0.25, 0.3) is 0 Å². The van der Waals surface area contributed by atoms with E-state index in [-0.39, 0.29) is 11.4 Å². The van der Waals surface area contributed by atoms with Crippen LogP contribution in [-0.4, -0.2) is 29.6 Å². The lowest BCUT2D eigenvalue weighted by Gasteiger charge is -2.16. The minimum Gasteiger partial charge on any atom is -0.478 e. The van der Waals surface area contributed by atoms with Crippen molar-refractivity contribution in [3.05, 3.63) is 35.1 Å². The summed E-state index contributed by atoms with van der Waals surface area (Å²) in [5.41, 5.74) is 0.592. The molecule has 1 saturated carbocycles. The molecule has 1 fully saturated rings. The second-order valence-corrected chi connectivity index (χ2v) is 4.75. The zero-order chi connectivity index (χ0) is 12.4. The molecule has 0 heterocycles. The average molecular weight is 237 g/mol. The predicted molar refractivity (Wildman–Crippen MR) is 62.4 cm³/mol. The number of carbonyl (C=O) groups is 1. The number of benzene rings is 1. The van der Waals surface area contributed by atoms with Crippen molar-refractivity contribution in [1.82, 2.24) is 4.90 Å². The van der Waals surface area contributed by atoms with Crippen LogP contribution in [0.4, 0.5) is 4.39 Å². The van der Waals surface area contributed by atoms with E-state index in [0.717, 1.165) is 12.5 Å². The quantitative estimate of drug-likeness (QED) is 0.854. The van der Waals surface area contributed by atoms with Gasteiger partial charge in [0.1, 0.15) is 5.82 Å². The van der Waals surface area contributed by atoms with Gasteiger partial charge in [0, 0.05) is 18.7 Å². The summed E-state index contributed by atoms with van der Waals surface area (Å²) in [6, 6.07) is 3.94. The highest BCUT2D eigenvalue weighted by atomic mass is 19.1. The van der Waals surface area contributed by atoms with Gasteiger partial charge in [-0.05, 0) is 44.0 Å². The summed E-state index contributed by atoms with van der Waals surface area (Å²) in [6.45, 7) is 1.42. The van der Waals surface area contributed by atoms with Crippen LogP contribution in [0.5, 0.6) is 0 Å². The molecule has 4 heteroatoms. The Morgan fingerprint density at radius 3 is 2.82 bits per heavy atom. The lowest BCUT2D eigenvalue weighted by Crippen LogP contribution is -2.21. The third kappa shape index (κ3) is 3.27. The first-order valence-electron chi connectivity index (χ1n) is 5.76. The van der Waals surface area contributed by atoms with Gasteiger partial charge < -0.3 is 10.0 Å². The molecule has 17 heavy (non-hydrogen) atoms. The van der Waals surface area contributed by atoms with E-state index in [9.17, 15) is 9.18 Å². The Bertz CT molecular complexity index is 429. The number of aromatic carboxylic acids is 1. The Hall–Kier alpha value is -1.42. The molecule has 1 aliphatic carbocycles. The SMILES string of the molecule is CN(Cc1cc(C(=O)O)ccc1F)CC1CC1. The van der Waals surface area contributed by atoms with E-state index in [1.807, 2.05) is 11.9 Å². The molecule has 1 N–H and O–H groups in total. The van der Waals surface area contributed by atoms with E-state index in [1.165, 1.54) is 31.0 Å². The number of carboxylic acid groups (broad SMARTS) is 1. The monoisotopic (exact) mass is 237 g/mol. The minimum atomic E-state index is -1.02. The molecule has 1 aromatic carbocycles. The number of rotatable bonds is 5. The summed E-state index contributed by atoms with van der Waals surface area (Å²) in [4.78, 5) is 12.8. The summed E-state index contributed by atoms with van der Waals surface area (Å²) in [5.74, 6) is -0.612. The van der Waals surface area contributed by atoms with Crippen molar-refractivity contribution >= 4 is 5.97 Å². The second kappa shape index (κ2) is 4.84. The number of carboxylic acids is 1. The normalized spacial score (nSPS) is 15.2. The molecule has 0 unspecified atom stereocenters. The maximum Gasteiger partial charge on any atom is 0.335 e. The van der Waals surface area contributed by atoms with Crippen LogP contribution >= 0.6 is 0 Å². The molecule has 0 amide bonds. The Morgan fingerprint density at radius 2 is 2.24 bits per heavy atom. The van der Waals surface area contributed by atoms with Gasteiger partial charge in [0.25, 0.3) is 0 Å². The first kappa shape index (κ1) is 12.0. The molecule has 0 bridgehead atoms. The zero-order valence-electron chi connectivity index (χ0n) is 9.82. The van der Waals surface area contributed by atoms with Gasteiger partial charge in [0.15, 0.2) is 0 Å². The summed E-state index contributed by atoms with van der Waals surface area (Å²) in [7, 11) is 1.94. The Balaban J connectivity index is 2.07. The molecule has 1 aromatic rings. The molecule has 0 radical (unpaired) electrons. The largest absolute Gasteiger partial charge is 0.478 e. The fraction of sp³-hybridized carbons (Fsp3) is 0.462. The summed E-state index contributed by atoms with van der Waals surface area (Å²) < 4.78 is 13.5. The number of hydrogen-bond donors (Lipinski definition) is 1. The first-order valence-corrected chi connectivity index (χ1v) is 5.76. The van der Waals surface area contributed by atoms with Crippen LogP contribution < -0.4 is 0 Å². The molecule has 2 rings (SSSR count). The van der Waals surface area contributed by atoms with E-state index in [4.69, 9.17) is 5.11 Å². The van der Waals surface area contributed by atoms with E-state index < -0.39 is 5.97 Å². The van der Waals surface area contributed by atoms with Crippen molar-refractivity contribution in [1.29, 1.82) is 0 Å². The molecule has 0 atom stereocenters. The third-order valence-corrected chi connectivity index (χ3v) is 3.00. The van der Waals surface area contributed by atoms with Crippen LogP contribution in [0.2, 0.25) is 0 Å². The summed E-state index contributed by atoms with van der Waals surface area (Å²) >= 11 is 0. The van der Waals surface area contributed by atoms with Crippen molar-refractivity contribution < 1.29 is 14.3 Å². The van der Waals surface area contributed by atoms with Gasteiger partial charge in [-0.3, -0.25) is 0 Å². The third-order valence-electron chi connectivity index (χ3n) is 3.00. The molecular formula is C13H16FNO2. The number of hydrogen-bond acceptors (Lipinski definition) is 2. The van der Waals surface area contributed by atoms with E-state index >= 15 is 0 Å². The highest BCUT2D eigenvalue weighted by molar-refractivity contribution is 5.87. The van der Waals surface area contributed by atoms with E-state index in [1.54, 1.807) is 0 Å². The van der Waals surface area contributed by atoms with Gasteiger partial charge in [-0.15, -0.1) is 0 Å². The van der Waals surface area contributed by atoms with Gasteiger partial charge >= 0.3 is 5.97 Å². The summed E-state index contributed by atoms with van der Waals surface area (Å²) in [5, 5.41) is 8.85. The van der Waals surface area contributed by atoms with E-state index in [2.05, 4.69) is 0 Å². The van der Waals surface area contributed by atoms with Crippen LogP contribution in [-0.2, 0) is 6.54 Å². The van der Waals surface area contributed by atoms with Crippen molar-refractivity contribution in [2.45, 2.75) is 19.4 Å². The topological polar surface area (TPSA) is 40.5 Å². The highest BCUT2D eigenvalue weighted by Crippen LogP contribution is 2.29. The molecule has 0 aliphatic heterocycles. The molecule has 1 aliphatic rings. The van der Waals surface area contributed by atoms with Crippen molar-refractivity contribution in [3.8, 4) is 0 Å². The smallest absolute Gasteiger partial charge is 0.335 e. The van der Waals surface area contributed by atoms with Crippen LogP contribution in [0, 0.1) is 11.7 Å². The van der Waals surface area contributed by atoms with Gasteiger partial charge in [0.05, 0.1) is 5.56 Å². The van der Waals surface area contributed by atoms with Crippen molar-refractivity contribution in [3.63, 3.8) is 0 Å².